The van der Waals surface area contributed by atoms with Crippen LogP contribution in [0.2, 0.25) is 0 Å². The minimum Gasteiger partial charge on any atom is -0.310 e. The number of amides is 1. The van der Waals surface area contributed by atoms with Gasteiger partial charge in [-0.2, -0.15) is 5.10 Å². The molecule has 0 saturated carbocycles. The lowest BCUT2D eigenvalue weighted by atomic mass is 10.1. The molecule has 5 nitrogen and oxygen atoms in total. The molecule has 1 aromatic heterocycles. The minimum atomic E-state index is -0.163. The Hall–Kier alpha value is -2.14. The summed E-state index contributed by atoms with van der Waals surface area (Å²) in [5, 5.41) is 7.45. The number of hydrogen-bond acceptors (Lipinski definition) is 3. The molecule has 1 unspecified atom stereocenters. The number of anilines is 1. The SMILES string of the molecule is CC1NCc2ccccc2N(CCc2ccnn2C)C1=O. The molecule has 1 amide bonds. The summed E-state index contributed by atoms with van der Waals surface area (Å²) >= 11 is 0. The number of benzene rings is 1. The number of fused-ring (bicyclic) bond motifs is 1. The van der Waals surface area contributed by atoms with E-state index in [1.807, 2.05) is 47.8 Å². The molecular weight excluding hydrogens is 264 g/mol. The Kier molecular flexibility index (Phi) is 3.75. The molecule has 0 fully saturated rings. The van der Waals surface area contributed by atoms with Crippen molar-refractivity contribution in [1.29, 1.82) is 0 Å². The fourth-order valence-electron chi connectivity index (χ4n) is 2.73. The van der Waals surface area contributed by atoms with E-state index in [4.69, 9.17) is 0 Å². The van der Waals surface area contributed by atoms with Crippen LogP contribution in [0.4, 0.5) is 5.69 Å². The van der Waals surface area contributed by atoms with E-state index in [1.54, 1.807) is 6.20 Å². The van der Waals surface area contributed by atoms with Gasteiger partial charge in [-0.1, -0.05) is 18.2 Å². The van der Waals surface area contributed by atoms with Crippen molar-refractivity contribution in [1.82, 2.24) is 15.1 Å². The van der Waals surface area contributed by atoms with Gasteiger partial charge in [-0.15, -0.1) is 0 Å². The van der Waals surface area contributed by atoms with Crippen molar-refractivity contribution in [3.8, 4) is 0 Å². The fraction of sp³-hybridized carbons (Fsp3) is 0.375. The number of nitrogens with zero attached hydrogens (tertiary/aromatic N) is 3. The van der Waals surface area contributed by atoms with E-state index in [2.05, 4.69) is 16.5 Å². The number of hydrogen-bond donors (Lipinski definition) is 1. The molecule has 1 aromatic carbocycles. The van der Waals surface area contributed by atoms with Crippen LogP contribution in [0, 0.1) is 0 Å². The Balaban J connectivity index is 1.87. The van der Waals surface area contributed by atoms with Crippen molar-refractivity contribution in [3.05, 3.63) is 47.8 Å². The topological polar surface area (TPSA) is 50.2 Å². The summed E-state index contributed by atoms with van der Waals surface area (Å²) in [6.45, 7) is 3.32. The second-order valence-corrected chi connectivity index (χ2v) is 5.42. The number of nitrogens with one attached hydrogen (secondary N) is 1. The van der Waals surface area contributed by atoms with Gasteiger partial charge in [0, 0.05) is 44.1 Å². The molecule has 1 aliphatic rings. The van der Waals surface area contributed by atoms with E-state index < -0.39 is 0 Å². The first-order chi connectivity index (χ1) is 10.2. The normalized spacial score (nSPS) is 18.5. The highest BCUT2D eigenvalue weighted by Gasteiger charge is 2.26. The van der Waals surface area contributed by atoms with Gasteiger partial charge in [0.15, 0.2) is 0 Å². The zero-order chi connectivity index (χ0) is 14.8. The summed E-state index contributed by atoms with van der Waals surface area (Å²) in [5.41, 5.74) is 3.31. The van der Waals surface area contributed by atoms with E-state index in [1.165, 1.54) is 5.56 Å². The maximum Gasteiger partial charge on any atom is 0.243 e. The zero-order valence-corrected chi connectivity index (χ0v) is 12.4. The van der Waals surface area contributed by atoms with Gasteiger partial charge in [0.05, 0.1) is 6.04 Å². The third-order valence-corrected chi connectivity index (χ3v) is 4.03. The lowest BCUT2D eigenvalue weighted by Crippen LogP contribution is -2.43. The summed E-state index contributed by atoms with van der Waals surface area (Å²) in [6, 6.07) is 9.93. The maximum absolute atomic E-state index is 12.6. The third-order valence-electron chi connectivity index (χ3n) is 4.03. The molecule has 5 heteroatoms. The smallest absolute Gasteiger partial charge is 0.243 e. The van der Waals surface area contributed by atoms with E-state index in [0.717, 1.165) is 24.3 Å². The van der Waals surface area contributed by atoms with Gasteiger partial charge in [0.2, 0.25) is 5.91 Å². The Morgan fingerprint density at radius 3 is 2.90 bits per heavy atom. The Morgan fingerprint density at radius 2 is 2.14 bits per heavy atom. The van der Waals surface area contributed by atoms with Crippen molar-refractivity contribution in [2.45, 2.75) is 25.9 Å². The quantitative estimate of drug-likeness (QED) is 0.929. The van der Waals surface area contributed by atoms with Crippen LogP contribution in [-0.4, -0.2) is 28.3 Å². The Morgan fingerprint density at radius 1 is 1.33 bits per heavy atom. The third kappa shape index (κ3) is 2.69. The first-order valence-corrected chi connectivity index (χ1v) is 7.26. The van der Waals surface area contributed by atoms with Crippen LogP contribution in [-0.2, 0) is 24.8 Å². The van der Waals surface area contributed by atoms with Gasteiger partial charge in [0.1, 0.15) is 0 Å². The first-order valence-electron chi connectivity index (χ1n) is 7.26. The number of para-hydroxylation sites is 1. The van der Waals surface area contributed by atoms with Crippen LogP contribution in [0.1, 0.15) is 18.2 Å². The molecule has 0 bridgehead atoms. The van der Waals surface area contributed by atoms with Crippen LogP contribution in [0.15, 0.2) is 36.5 Å². The number of aromatic nitrogens is 2. The number of carbonyl (C=O) groups is 1. The van der Waals surface area contributed by atoms with Crippen molar-refractivity contribution in [2.24, 2.45) is 7.05 Å². The Bertz CT molecular complexity index is 649. The summed E-state index contributed by atoms with van der Waals surface area (Å²) in [5.74, 6) is 0.127. The molecule has 0 saturated heterocycles. The van der Waals surface area contributed by atoms with Gasteiger partial charge in [-0.05, 0) is 24.6 Å². The molecule has 110 valence electrons. The van der Waals surface area contributed by atoms with E-state index in [9.17, 15) is 4.79 Å². The molecular formula is C16H20N4O. The van der Waals surface area contributed by atoms with E-state index in [-0.39, 0.29) is 11.9 Å². The zero-order valence-electron chi connectivity index (χ0n) is 12.4. The second-order valence-electron chi connectivity index (χ2n) is 5.42. The lowest BCUT2D eigenvalue weighted by Gasteiger charge is -2.24. The second kappa shape index (κ2) is 5.69. The molecule has 0 spiro atoms. The van der Waals surface area contributed by atoms with Gasteiger partial charge in [-0.25, -0.2) is 0 Å². The van der Waals surface area contributed by atoms with Crippen molar-refractivity contribution in [2.75, 3.05) is 11.4 Å². The van der Waals surface area contributed by atoms with Gasteiger partial charge >= 0.3 is 0 Å². The summed E-state index contributed by atoms with van der Waals surface area (Å²) in [6.07, 6.45) is 2.58. The van der Waals surface area contributed by atoms with Crippen molar-refractivity contribution in [3.63, 3.8) is 0 Å². The van der Waals surface area contributed by atoms with Crippen LogP contribution in [0.25, 0.3) is 0 Å². The molecule has 0 radical (unpaired) electrons. The predicted octanol–water partition coefficient (Wildman–Crippen LogP) is 1.49. The minimum absolute atomic E-state index is 0.127. The standard InChI is InChI=1S/C16H20N4O/c1-12-16(21)20(10-8-14-7-9-18-19(14)2)15-6-4-3-5-13(15)11-17-12/h3-7,9,12,17H,8,10-11H2,1-2H3. The highest BCUT2D eigenvalue weighted by Crippen LogP contribution is 2.24. The molecule has 1 atom stereocenters. The highest BCUT2D eigenvalue weighted by atomic mass is 16.2. The fourth-order valence-corrected chi connectivity index (χ4v) is 2.73. The largest absolute Gasteiger partial charge is 0.310 e. The van der Waals surface area contributed by atoms with Crippen LogP contribution >= 0.6 is 0 Å². The van der Waals surface area contributed by atoms with Crippen molar-refractivity contribution >= 4 is 11.6 Å². The number of rotatable bonds is 3. The van der Waals surface area contributed by atoms with E-state index >= 15 is 0 Å². The average Bonchev–Trinajstić information content (AvgIpc) is 2.86. The van der Waals surface area contributed by atoms with Crippen LogP contribution < -0.4 is 10.2 Å². The Labute approximate surface area is 124 Å². The molecule has 21 heavy (non-hydrogen) atoms. The number of aryl methyl sites for hydroxylation is 1. The molecule has 1 N–H and O–H groups in total. The molecule has 3 rings (SSSR count). The summed E-state index contributed by atoms with van der Waals surface area (Å²) < 4.78 is 1.86. The van der Waals surface area contributed by atoms with Crippen LogP contribution in [0.3, 0.4) is 0 Å². The summed E-state index contributed by atoms with van der Waals surface area (Å²) in [7, 11) is 1.93. The number of carbonyl (C=O) groups excluding carboxylic acids is 1. The molecule has 0 aliphatic carbocycles. The van der Waals surface area contributed by atoms with Gasteiger partial charge in [-0.3, -0.25) is 9.48 Å². The average molecular weight is 284 g/mol. The first kappa shape index (κ1) is 13.8. The van der Waals surface area contributed by atoms with Crippen molar-refractivity contribution < 1.29 is 4.79 Å². The monoisotopic (exact) mass is 284 g/mol. The van der Waals surface area contributed by atoms with Gasteiger partial charge < -0.3 is 10.2 Å². The summed E-state index contributed by atoms with van der Waals surface area (Å²) in [4.78, 5) is 14.5. The van der Waals surface area contributed by atoms with Gasteiger partial charge in [0.25, 0.3) is 0 Å². The van der Waals surface area contributed by atoms with Crippen LogP contribution in [0.5, 0.6) is 0 Å². The molecule has 2 aromatic rings. The molecule has 2 heterocycles. The highest BCUT2D eigenvalue weighted by molar-refractivity contribution is 5.98. The maximum atomic E-state index is 12.6. The lowest BCUT2D eigenvalue weighted by molar-refractivity contribution is -0.120. The van der Waals surface area contributed by atoms with E-state index in [0.29, 0.717) is 6.54 Å². The predicted molar refractivity (Wildman–Crippen MR) is 82.0 cm³/mol. The molecule has 1 aliphatic heterocycles.